The van der Waals surface area contributed by atoms with Crippen LogP contribution in [0, 0.1) is 11.3 Å². The molecule has 2 fully saturated rings. The van der Waals surface area contributed by atoms with Crippen molar-refractivity contribution in [1.82, 2.24) is 10.2 Å². The highest BCUT2D eigenvalue weighted by Crippen LogP contribution is 2.44. The normalized spacial score (nSPS) is 25.7. The fourth-order valence-corrected chi connectivity index (χ4v) is 3.39. The number of carboxylic acids is 1. The highest BCUT2D eigenvalue weighted by Gasteiger charge is 2.48. The second kappa shape index (κ2) is 5.83. The maximum absolute atomic E-state index is 12.2. The van der Waals surface area contributed by atoms with Gasteiger partial charge in [0.15, 0.2) is 0 Å². The molecule has 2 rings (SSSR count). The van der Waals surface area contributed by atoms with Crippen molar-refractivity contribution in [2.45, 2.75) is 45.6 Å². The topological polar surface area (TPSA) is 78.9 Å². The van der Waals surface area contributed by atoms with Gasteiger partial charge >= 0.3 is 12.1 Å². The molecular weight excluding hydrogens is 272 g/mol. The second-order valence-corrected chi connectivity index (χ2v) is 7.18. The van der Waals surface area contributed by atoms with Gasteiger partial charge in [0.2, 0.25) is 0 Å². The molecule has 1 unspecified atom stereocenters. The Bertz CT molecular complexity index is 410. The van der Waals surface area contributed by atoms with E-state index in [-0.39, 0.29) is 12.0 Å². The molecule has 0 aromatic carbocycles. The van der Waals surface area contributed by atoms with Crippen LogP contribution in [0.4, 0.5) is 4.79 Å². The Labute approximate surface area is 125 Å². The summed E-state index contributed by atoms with van der Waals surface area (Å²) in [5, 5.41) is 12.9. The van der Waals surface area contributed by atoms with E-state index in [9.17, 15) is 14.7 Å². The molecular formula is C15H26N2O4. The Hall–Kier alpha value is -1.30. The van der Waals surface area contributed by atoms with E-state index in [4.69, 9.17) is 4.74 Å². The minimum Gasteiger partial charge on any atom is -0.481 e. The van der Waals surface area contributed by atoms with Crippen molar-refractivity contribution in [3.63, 3.8) is 0 Å². The lowest BCUT2D eigenvalue weighted by Crippen LogP contribution is -2.55. The molecule has 2 aliphatic heterocycles. The highest BCUT2D eigenvalue weighted by atomic mass is 16.6. The van der Waals surface area contributed by atoms with E-state index in [0.29, 0.717) is 6.54 Å². The van der Waals surface area contributed by atoms with Crippen molar-refractivity contribution in [2.24, 2.45) is 11.3 Å². The van der Waals surface area contributed by atoms with Crippen LogP contribution in [0.25, 0.3) is 0 Å². The van der Waals surface area contributed by atoms with E-state index >= 15 is 0 Å². The average molecular weight is 298 g/mol. The third-order valence-electron chi connectivity index (χ3n) is 4.57. The summed E-state index contributed by atoms with van der Waals surface area (Å²) in [4.78, 5) is 25.4. The summed E-state index contributed by atoms with van der Waals surface area (Å²) in [6, 6.07) is 0. The first-order valence-corrected chi connectivity index (χ1v) is 7.65. The molecule has 1 amide bonds. The Morgan fingerprint density at radius 3 is 2.38 bits per heavy atom. The van der Waals surface area contributed by atoms with Crippen molar-refractivity contribution < 1.29 is 19.4 Å². The summed E-state index contributed by atoms with van der Waals surface area (Å²) in [5.41, 5.74) is -0.727. The summed E-state index contributed by atoms with van der Waals surface area (Å²) in [7, 11) is 0. The van der Waals surface area contributed by atoms with Gasteiger partial charge < -0.3 is 20.1 Å². The number of hydrogen-bond donors (Lipinski definition) is 2. The molecule has 0 aromatic heterocycles. The van der Waals surface area contributed by atoms with Crippen LogP contribution in [-0.2, 0) is 9.53 Å². The first kappa shape index (κ1) is 16.1. The molecule has 0 radical (unpaired) electrons. The number of nitrogens with zero attached hydrogens (tertiary/aromatic N) is 1. The first-order chi connectivity index (χ1) is 9.73. The molecule has 0 bridgehead atoms. The smallest absolute Gasteiger partial charge is 0.410 e. The lowest BCUT2D eigenvalue weighted by Gasteiger charge is -2.48. The van der Waals surface area contributed by atoms with Crippen LogP contribution in [-0.4, -0.2) is 53.8 Å². The monoisotopic (exact) mass is 298 g/mol. The number of rotatable bonds is 1. The molecule has 1 atom stereocenters. The second-order valence-electron chi connectivity index (χ2n) is 7.18. The van der Waals surface area contributed by atoms with Gasteiger partial charge in [0.05, 0.1) is 5.92 Å². The van der Waals surface area contributed by atoms with Gasteiger partial charge in [-0.15, -0.1) is 0 Å². The van der Waals surface area contributed by atoms with Crippen molar-refractivity contribution in [1.29, 1.82) is 0 Å². The number of carbonyl (C=O) groups is 2. The Balaban J connectivity index is 2.08. The fraction of sp³-hybridized carbons (Fsp3) is 0.867. The summed E-state index contributed by atoms with van der Waals surface area (Å²) < 4.78 is 5.36. The van der Waals surface area contributed by atoms with E-state index in [0.717, 1.165) is 32.4 Å². The molecule has 21 heavy (non-hydrogen) atoms. The van der Waals surface area contributed by atoms with Crippen LogP contribution in [0.1, 0.15) is 40.0 Å². The van der Waals surface area contributed by atoms with Gasteiger partial charge in [0, 0.05) is 13.1 Å². The zero-order valence-electron chi connectivity index (χ0n) is 13.1. The van der Waals surface area contributed by atoms with E-state index in [1.807, 2.05) is 20.8 Å². The van der Waals surface area contributed by atoms with Crippen LogP contribution in [0.15, 0.2) is 0 Å². The zero-order valence-corrected chi connectivity index (χ0v) is 13.1. The maximum Gasteiger partial charge on any atom is 0.410 e. The number of aliphatic carboxylic acids is 1. The number of hydrogen-bond acceptors (Lipinski definition) is 4. The molecule has 6 heteroatoms. The molecule has 6 nitrogen and oxygen atoms in total. The summed E-state index contributed by atoms with van der Waals surface area (Å²) in [5.74, 6) is -1.30. The van der Waals surface area contributed by atoms with E-state index in [1.54, 1.807) is 4.90 Å². The number of carbonyl (C=O) groups excluding carboxylic acids is 1. The molecule has 2 heterocycles. The highest BCUT2D eigenvalue weighted by molar-refractivity contribution is 5.74. The summed E-state index contributed by atoms with van der Waals surface area (Å²) in [6.45, 7) is 8.00. The molecule has 2 saturated heterocycles. The predicted molar refractivity (Wildman–Crippen MR) is 78.1 cm³/mol. The van der Waals surface area contributed by atoms with E-state index in [1.165, 1.54) is 0 Å². The fourth-order valence-electron chi connectivity index (χ4n) is 3.39. The average Bonchev–Trinajstić information content (AvgIpc) is 2.37. The number of piperidine rings is 2. The van der Waals surface area contributed by atoms with Gasteiger partial charge in [-0.1, -0.05) is 0 Å². The van der Waals surface area contributed by atoms with Gasteiger partial charge in [-0.2, -0.15) is 0 Å². The molecule has 2 N–H and O–H groups in total. The van der Waals surface area contributed by atoms with Crippen LogP contribution in [0.5, 0.6) is 0 Å². The van der Waals surface area contributed by atoms with Crippen LogP contribution < -0.4 is 5.32 Å². The Kier molecular flexibility index (Phi) is 4.46. The van der Waals surface area contributed by atoms with Gasteiger partial charge in [0.1, 0.15) is 5.60 Å². The standard InChI is InChI=1S/C15H26N2O4/c1-14(2,3)21-13(20)17-9-6-15(4-7-16-8-5-15)11(10-17)12(18)19/h11,16H,4-10H2,1-3H3,(H,18,19). The van der Waals surface area contributed by atoms with Gasteiger partial charge in [-0.3, -0.25) is 4.79 Å². The van der Waals surface area contributed by atoms with E-state index in [2.05, 4.69) is 5.32 Å². The van der Waals surface area contributed by atoms with Gasteiger partial charge in [-0.25, -0.2) is 4.79 Å². The molecule has 0 saturated carbocycles. The quantitative estimate of drug-likeness (QED) is 0.770. The van der Waals surface area contributed by atoms with E-state index < -0.39 is 23.6 Å². The molecule has 2 aliphatic rings. The Morgan fingerprint density at radius 1 is 1.24 bits per heavy atom. The van der Waals surface area contributed by atoms with Crippen LogP contribution in [0.3, 0.4) is 0 Å². The van der Waals surface area contributed by atoms with Gasteiger partial charge in [0.25, 0.3) is 0 Å². The molecule has 0 aliphatic carbocycles. The first-order valence-electron chi connectivity index (χ1n) is 7.65. The summed E-state index contributed by atoms with van der Waals surface area (Å²) >= 11 is 0. The largest absolute Gasteiger partial charge is 0.481 e. The zero-order chi connectivity index (χ0) is 15.7. The minimum absolute atomic E-state index is 0.171. The van der Waals surface area contributed by atoms with Crippen LogP contribution in [0.2, 0.25) is 0 Å². The third-order valence-corrected chi connectivity index (χ3v) is 4.57. The SMILES string of the molecule is CC(C)(C)OC(=O)N1CCC2(CCNCC2)C(C(=O)O)C1. The number of likely N-dealkylation sites (tertiary alicyclic amines) is 1. The molecule has 120 valence electrons. The predicted octanol–water partition coefficient (Wildman–Crippen LogP) is 1.70. The lowest BCUT2D eigenvalue weighted by atomic mass is 9.65. The van der Waals surface area contributed by atoms with Crippen LogP contribution >= 0.6 is 0 Å². The number of ether oxygens (including phenoxy) is 1. The number of nitrogens with one attached hydrogen (secondary N) is 1. The van der Waals surface area contributed by atoms with Crippen molar-refractivity contribution in [3.05, 3.63) is 0 Å². The van der Waals surface area contributed by atoms with Crippen molar-refractivity contribution >= 4 is 12.1 Å². The maximum atomic E-state index is 12.2. The lowest BCUT2D eigenvalue weighted by molar-refractivity contribution is -0.151. The van der Waals surface area contributed by atoms with Crippen molar-refractivity contribution in [2.75, 3.05) is 26.2 Å². The van der Waals surface area contributed by atoms with Gasteiger partial charge in [-0.05, 0) is 58.5 Å². The number of amides is 1. The molecule has 0 aromatic rings. The Morgan fingerprint density at radius 2 is 1.86 bits per heavy atom. The summed E-state index contributed by atoms with van der Waals surface area (Å²) in [6.07, 6.45) is 2.07. The minimum atomic E-state index is -0.801. The number of carboxylic acid groups (broad SMARTS) is 1. The van der Waals surface area contributed by atoms with Crippen molar-refractivity contribution in [3.8, 4) is 0 Å². The third kappa shape index (κ3) is 3.67. The molecule has 1 spiro atoms.